The Morgan fingerprint density at radius 2 is 2.05 bits per heavy atom. The molecule has 6 nitrogen and oxygen atoms in total. The number of nitrogens with one attached hydrogen (secondary N) is 1. The van der Waals surface area contributed by atoms with E-state index in [4.69, 9.17) is 9.47 Å². The number of hydrogen-bond acceptors (Lipinski definition) is 4. The van der Waals surface area contributed by atoms with Crippen LogP contribution in [0.3, 0.4) is 0 Å². The van der Waals surface area contributed by atoms with Crippen molar-refractivity contribution in [2.45, 2.75) is 45.9 Å². The summed E-state index contributed by atoms with van der Waals surface area (Å²) in [7, 11) is 0. The molecule has 1 atom stereocenters. The van der Waals surface area contributed by atoms with E-state index in [2.05, 4.69) is 5.32 Å². The summed E-state index contributed by atoms with van der Waals surface area (Å²) >= 11 is 0. The van der Waals surface area contributed by atoms with Crippen molar-refractivity contribution in [2.75, 3.05) is 26.4 Å². The largest absolute Gasteiger partial charge is 0.377 e. The number of nitrogens with zero attached hydrogens (tertiary/aromatic N) is 1. The minimum absolute atomic E-state index is 0.00310. The molecule has 1 N–H and O–H groups in total. The highest BCUT2D eigenvalue weighted by Gasteiger charge is 2.32. The maximum atomic E-state index is 12.1. The summed E-state index contributed by atoms with van der Waals surface area (Å²) in [5.74, 6) is -0.339. The maximum Gasteiger partial charge on any atom is 0.249 e. The van der Waals surface area contributed by atoms with Gasteiger partial charge in [-0.2, -0.15) is 0 Å². The molecular weight excluding hydrogens is 248 g/mol. The van der Waals surface area contributed by atoms with Gasteiger partial charge in [-0.15, -0.1) is 0 Å². The minimum Gasteiger partial charge on any atom is -0.377 e. The van der Waals surface area contributed by atoms with Crippen molar-refractivity contribution in [2.24, 2.45) is 0 Å². The molecule has 0 spiro atoms. The average Bonchev–Trinajstić information content (AvgIpc) is 2.35. The second-order valence-corrected chi connectivity index (χ2v) is 5.20. The van der Waals surface area contributed by atoms with Crippen molar-refractivity contribution in [3.05, 3.63) is 0 Å². The Bertz CT molecular complexity index is 318. The topological polar surface area (TPSA) is 67.9 Å². The number of ether oxygens (including phenoxy) is 2. The van der Waals surface area contributed by atoms with Gasteiger partial charge in [-0.1, -0.05) is 0 Å². The van der Waals surface area contributed by atoms with Crippen molar-refractivity contribution in [1.29, 1.82) is 0 Å². The van der Waals surface area contributed by atoms with Crippen LogP contribution in [0.1, 0.15) is 27.7 Å². The zero-order valence-corrected chi connectivity index (χ0v) is 12.1. The Labute approximate surface area is 114 Å². The molecule has 1 aliphatic rings. The van der Waals surface area contributed by atoms with Crippen LogP contribution in [0.25, 0.3) is 0 Å². The number of morpholine rings is 1. The lowest BCUT2D eigenvalue weighted by atomic mass is 10.2. The molecular formula is C13H24N2O4. The molecule has 0 bridgehead atoms. The number of amides is 2. The second-order valence-electron chi connectivity index (χ2n) is 5.20. The third-order valence-corrected chi connectivity index (χ3v) is 2.72. The molecule has 110 valence electrons. The average molecular weight is 272 g/mol. The predicted molar refractivity (Wildman–Crippen MR) is 70.7 cm³/mol. The molecule has 0 radical (unpaired) electrons. The van der Waals surface area contributed by atoms with Crippen LogP contribution in [0.5, 0.6) is 0 Å². The first-order chi connectivity index (χ1) is 8.91. The molecule has 1 saturated heterocycles. The minimum atomic E-state index is -0.556. The van der Waals surface area contributed by atoms with E-state index in [9.17, 15) is 9.59 Å². The summed E-state index contributed by atoms with van der Waals surface area (Å²) in [6, 6.07) is -0.516. The monoisotopic (exact) mass is 272 g/mol. The Kier molecular flexibility index (Phi) is 6.24. The summed E-state index contributed by atoms with van der Waals surface area (Å²) in [6.07, 6.45) is -0.00655. The van der Waals surface area contributed by atoms with Crippen molar-refractivity contribution >= 4 is 11.8 Å². The lowest BCUT2D eigenvalue weighted by Crippen LogP contribution is -2.57. The Morgan fingerprint density at radius 1 is 1.37 bits per heavy atom. The summed E-state index contributed by atoms with van der Waals surface area (Å²) in [4.78, 5) is 25.6. The molecule has 0 aromatic carbocycles. The highest BCUT2D eigenvalue weighted by molar-refractivity contribution is 5.88. The summed E-state index contributed by atoms with van der Waals surface area (Å²) in [5.41, 5.74) is 0. The number of carbonyl (C=O) groups excluding carboxylic acids is 2. The summed E-state index contributed by atoms with van der Waals surface area (Å²) in [5, 5.41) is 2.81. The van der Waals surface area contributed by atoms with Gasteiger partial charge < -0.3 is 19.7 Å². The van der Waals surface area contributed by atoms with Crippen molar-refractivity contribution in [3.63, 3.8) is 0 Å². The number of rotatable bonds is 5. The van der Waals surface area contributed by atoms with Crippen LogP contribution >= 0.6 is 0 Å². The molecule has 6 heteroatoms. The predicted octanol–water partition coefficient (Wildman–Crippen LogP) is 0.163. The highest BCUT2D eigenvalue weighted by atomic mass is 16.5. The normalized spacial score (nSPS) is 19.9. The van der Waals surface area contributed by atoms with Gasteiger partial charge in [-0.3, -0.25) is 9.59 Å². The van der Waals surface area contributed by atoms with E-state index in [1.54, 1.807) is 4.90 Å². The van der Waals surface area contributed by atoms with E-state index in [1.165, 1.54) is 0 Å². The molecule has 0 aromatic heterocycles. The lowest BCUT2D eigenvalue weighted by molar-refractivity contribution is -0.153. The number of carbonyl (C=O) groups is 2. The molecule has 19 heavy (non-hydrogen) atoms. The van der Waals surface area contributed by atoms with Crippen molar-refractivity contribution in [3.8, 4) is 0 Å². The van der Waals surface area contributed by atoms with E-state index >= 15 is 0 Å². The first-order valence-corrected chi connectivity index (χ1v) is 6.71. The van der Waals surface area contributed by atoms with Gasteiger partial charge in [-0.25, -0.2) is 0 Å². The van der Waals surface area contributed by atoms with E-state index < -0.39 is 6.04 Å². The maximum absolute atomic E-state index is 12.1. The first-order valence-electron chi connectivity index (χ1n) is 6.71. The summed E-state index contributed by atoms with van der Waals surface area (Å²) in [6.45, 7) is 8.64. The Hall–Kier alpha value is -1.14. The molecule has 1 rings (SSSR count). The third kappa shape index (κ3) is 5.16. The Morgan fingerprint density at radius 3 is 2.63 bits per heavy atom. The molecule has 1 aliphatic heterocycles. The van der Waals surface area contributed by atoms with Gasteiger partial charge in [0.05, 0.1) is 19.3 Å². The quantitative estimate of drug-likeness (QED) is 0.774. The number of hydrogen-bond donors (Lipinski definition) is 1. The van der Waals surface area contributed by atoms with Crippen LogP contribution in [0.4, 0.5) is 0 Å². The van der Waals surface area contributed by atoms with Crippen LogP contribution < -0.4 is 5.32 Å². The van der Waals surface area contributed by atoms with E-state index in [-0.39, 0.29) is 37.2 Å². The van der Waals surface area contributed by atoms with Gasteiger partial charge in [-0.05, 0) is 27.7 Å². The molecule has 2 amide bonds. The zero-order chi connectivity index (χ0) is 14.4. The fraction of sp³-hybridized carbons (Fsp3) is 0.846. The molecule has 1 unspecified atom stereocenters. The smallest absolute Gasteiger partial charge is 0.249 e. The van der Waals surface area contributed by atoms with Gasteiger partial charge in [0, 0.05) is 12.6 Å². The molecule has 0 aromatic rings. The molecule has 0 saturated carbocycles. The van der Waals surface area contributed by atoms with Crippen LogP contribution in [-0.2, 0) is 19.1 Å². The van der Waals surface area contributed by atoms with Crippen molar-refractivity contribution in [1.82, 2.24) is 10.2 Å². The fourth-order valence-corrected chi connectivity index (χ4v) is 1.82. The van der Waals surface area contributed by atoms with Crippen LogP contribution in [0.15, 0.2) is 0 Å². The standard InChI is InChI=1S/C13H24N2O4/c1-9(2)14-13(17)11-7-18-6-5-15(11)12(16)8-19-10(3)4/h9-11H,5-8H2,1-4H3,(H,14,17). The van der Waals surface area contributed by atoms with Crippen LogP contribution in [0, 0.1) is 0 Å². The van der Waals surface area contributed by atoms with Gasteiger partial charge in [0.25, 0.3) is 0 Å². The molecule has 0 aliphatic carbocycles. The first kappa shape index (κ1) is 15.9. The summed E-state index contributed by atoms with van der Waals surface area (Å²) < 4.78 is 10.6. The van der Waals surface area contributed by atoms with E-state index in [1.807, 2.05) is 27.7 Å². The van der Waals surface area contributed by atoms with E-state index in [0.29, 0.717) is 13.2 Å². The van der Waals surface area contributed by atoms with Gasteiger partial charge >= 0.3 is 0 Å². The Balaban J connectivity index is 2.61. The van der Waals surface area contributed by atoms with Gasteiger partial charge in [0.15, 0.2) is 0 Å². The van der Waals surface area contributed by atoms with Gasteiger partial charge in [0.2, 0.25) is 11.8 Å². The van der Waals surface area contributed by atoms with E-state index in [0.717, 1.165) is 0 Å². The molecule has 1 fully saturated rings. The van der Waals surface area contributed by atoms with Crippen molar-refractivity contribution < 1.29 is 19.1 Å². The van der Waals surface area contributed by atoms with Gasteiger partial charge in [0.1, 0.15) is 12.6 Å². The second kappa shape index (κ2) is 7.45. The third-order valence-electron chi connectivity index (χ3n) is 2.72. The lowest BCUT2D eigenvalue weighted by Gasteiger charge is -2.35. The zero-order valence-electron chi connectivity index (χ0n) is 12.1. The van der Waals surface area contributed by atoms with Crippen LogP contribution in [-0.4, -0.2) is 61.3 Å². The fourth-order valence-electron chi connectivity index (χ4n) is 1.82. The highest BCUT2D eigenvalue weighted by Crippen LogP contribution is 2.09. The SMILES string of the molecule is CC(C)NC(=O)C1COCCN1C(=O)COC(C)C. The van der Waals surface area contributed by atoms with Crippen LogP contribution in [0.2, 0.25) is 0 Å². The molecule has 1 heterocycles.